The van der Waals surface area contributed by atoms with E-state index in [2.05, 4.69) is 43.0 Å². The van der Waals surface area contributed by atoms with Crippen LogP contribution in [0.2, 0.25) is 0 Å². The molecule has 0 bridgehead atoms. The Labute approximate surface area is 195 Å². The van der Waals surface area contributed by atoms with Crippen LogP contribution in [0.25, 0.3) is 11.0 Å². The molecule has 0 unspecified atom stereocenters. The van der Waals surface area contributed by atoms with Crippen molar-refractivity contribution in [2.75, 3.05) is 50.8 Å². The number of piperidine rings is 1. The van der Waals surface area contributed by atoms with Gasteiger partial charge in [-0.05, 0) is 56.5 Å². The first kappa shape index (κ1) is 20.9. The average Bonchev–Trinajstić information content (AvgIpc) is 3.53. The summed E-state index contributed by atoms with van der Waals surface area (Å²) in [5.41, 5.74) is 2.15. The van der Waals surface area contributed by atoms with E-state index < -0.39 is 0 Å². The summed E-state index contributed by atoms with van der Waals surface area (Å²) in [6.07, 6.45) is 7.02. The first-order chi connectivity index (χ1) is 16.3. The van der Waals surface area contributed by atoms with E-state index in [1.165, 1.54) is 44.3 Å². The van der Waals surface area contributed by atoms with Gasteiger partial charge in [-0.15, -0.1) is 0 Å². The van der Waals surface area contributed by atoms with Crippen LogP contribution in [0.1, 0.15) is 31.2 Å². The highest BCUT2D eigenvalue weighted by molar-refractivity contribution is 5.88. The van der Waals surface area contributed by atoms with Crippen molar-refractivity contribution in [3.05, 3.63) is 48.2 Å². The van der Waals surface area contributed by atoms with E-state index in [1.54, 1.807) is 0 Å². The van der Waals surface area contributed by atoms with Crippen LogP contribution in [0.3, 0.4) is 0 Å². The second-order valence-corrected chi connectivity index (χ2v) is 9.84. The lowest BCUT2D eigenvalue weighted by molar-refractivity contribution is 0.0716. The first-order valence-electron chi connectivity index (χ1n) is 12.5. The molecule has 0 radical (unpaired) electrons. The maximum atomic E-state index is 6.09. The zero-order valence-electron chi connectivity index (χ0n) is 19.2. The van der Waals surface area contributed by atoms with Gasteiger partial charge in [0.05, 0.1) is 12.0 Å². The Kier molecular flexibility index (Phi) is 5.91. The van der Waals surface area contributed by atoms with Crippen molar-refractivity contribution in [3.63, 3.8) is 0 Å². The van der Waals surface area contributed by atoms with Gasteiger partial charge in [0.15, 0.2) is 11.4 Å². The van der Waals surface area contributed by atoms with E-state index in [-0.39, 0.29) is 0 Å². The fourth-order valence-electron chi connectivity index (χ4n) is 5.68. The van der Waals surface area contributed by atoms with E-state index in [0.29, 0.717) is 12.0 Å². The van der Waals surface area contributed by atoms with E-state index in [4.69, 9.17) is 9.26 Å². The third-order valence-corrected chi connectivity index (χ3v) is 7.53. The molecule has 3 fully saturated rings. The second kappa shape index (κ2) is 9.31. The van der Waals surface area contributed by atoms with Gasteiger partial charge in [0, 0.05) is 56.9 Å². The number of para-hydroxylation sites is 1. The number of anilines is 1. The molecule has 0 amide bonds. The van der Waals surface area contributed by atoms with Gasteiger partial charge >= 0.3 is 0 Å². The molecular formula is C26H33N5O2. The number of hydrogen-bond donors (Lipinski definition) is 0. The van der Waals surface area contributed by atoms with Crippen molar-refractivity contribution in [2.24, 2.45) is 5.92 Å². The molecule has 3 saturated heterocycles. The highest BCUT2D eigenvalue weighted by Crippen LogP contribution is 2.31. The minimum absolute atomic E-state index is 0.562. The van der Waals surface area contributed by atoms with Gasteiger partial charge in [0.2, 0.25) is 5.88 Å². The molecule has 7 nitrogen and oxygen atoms in total. The SMILES string of the molecule is c1ccc2c(N3CCN4C[C@H](COc5ccc(CN6CCCC6)cn5)CC[C@H]4C3)noc2c1. The molecule has 3 aliphatic rings. The number of pyridine rings is 1. The summed E-state index contributed by atoms with van der Waals surface area (Å²) in [6.45, 7) is 8.35. The number of benzene rings is 1. The number of likely N-dealkylation sites (tertiary alicyclic amines) is 1. The van der Waals surface area contributed by atoms with Gasteiger partial charge in [-0.25, -0.2) is 4.98 Å². The first-order valence-corrected chi connectivity index (χ1v) is 12.5. The Balaban J connectivity index is 0.998. The minimum Gasteiger partial charge on any atom is -0.477 e. The van der Waals surface area contributed by atoms with E-state index in [1.807, 2.05) is 24.4 Å². The van der Waals surface area contributed by atoms with E-state index >= 15 is 0 Å². The number of fused-ring (bicyclic) bond motifs is 2. The zero-order chi connectivity index (χ0) is 22.0. The van der Waals surface area contributed by atoms with Gasteiger partial charge in [-0.1, -0.05) is 23.4 Å². The lowest BCUT2D eigenvalue weighted by atomic mass is 9.91. The number of ether oxygens (including phenoxy) is 1. The molecule has 6 rings (SSSR count). The molecule has 3 aliphatic heterocycles. The third kappa shape index (κ3) is 4.57. The van der Waals surface area contributed by atoms with Crippen molar-refractivity contribution in [1.82, 2.24) is 19.9 Å². The summed E-state index contributed by atoms with van der Waals surface area (Å²) < 4.78 is 11.6. The molecule has 174 valence electrons. The Morgan fingerprint density at radius 2 is 1.88 bits per heavy atom. The van der Waals surface area contributed by atoms with Crippen LogP contribution in [-0.4, -0.2) is 71.9 Å². The lowest BCUT2D eigenvalue weighted by Crippen LogP contribution is -2.57. The van der Waals surface area contributed by atoms with Crippen molar-refractivity contribution < 1.29 is 9.26 Å². The summed E-state index contributed by atoms with van der Waals surface area (Å²) in [6, 6.07) is 12.9. The van der Waals surface area contributed by atoms with Gasteiger partial charge in [0.1, 0.15) is 0 Å². The maximum absolute atomic E-state index is 6.09. The van der Waals surface area contributed by atoms with E-state index in [0.717, 1.165) is 62.0 Å². The van der Waals surface area contributed by atoms with Gasteiger partial charge < -0.3 is 14.2 Å². The molecule has 0 aliphatic carbocycles. The Bertz CT molecular complexity index is 1060. The van der Waals surface area contributed by atoms with Crippen LogP contribution < -0.4 is 9.64 Å². The van der Waals surface area contributed by atoms with Crippen LogP contribution in [0.4, 0.5) is 5.82 Å². The molecule has 3 aromatic rings. The Morgan fingerprint density at radius 3 is 2.76 bits per heavy atom. The maximum Gasteiger partial charge on any atom is 0.213 e. The highest BCUT2D eigenvalue weighted by Gasteiger charge is 2.34. The number of hydrogen-bond acceptors (Lipinski definition) is 7. The predicted molar refractivity (Wildman–Crippen MR) is 129 cm³/mol. The smallest absolute Gasteiger partial charge is 0.213 e. The molecule has 0 saturated carbocycles. The summed E-state index contributed by atoms with van der Waals surface area (Å²) in [5, 5.41) is 5.49. The fraction of sp³-hybridized carbons (Fsp3) is 0.538. The molecule has 1 aromatic carbocycles. The molecule has 2 aromatic heterocycles. The minimum atomic E-state index is 0.562. The van der Waals surface area contributed by atoms with Gasteiger partial charge in [0.25, 0.3) is 0 Å². The van der Waals surface area contributed by atoms with E-state index in [9.17, 15) is 0 Å². The summed E-state index contributed by atoms with van der Waals surface area (Å²) in [5.74, 6) is 2.31. The van der Waals surface area contributed by atoms with Gasteiger partial charge in [-0.3, -0.25) is 9.80 Å². The highest BCUT2D eigenvalue weighted by atomic mass is 16.5. The zero-order valence-corrected chi connectivity index (χ0v) is 19.2. The van der Waals surface area contributed by atoms with Crippen LogP contribution in [0.5, 0.6) is 5.88 Å². The van der Waals surface area contributed by atoms with Crippen LogP contribution >= 0.6 is 0 Å². The standard InChI is InChI=1S/C26H33N5O2/c1-2-6-24-23(5-1)26(28-33-24)31-14-13-30-17-21(7-9-22(30)18-31)19-32-25-10-8-20(15-27-25)16-29-11-3-4-12-29/h1-2,5-6,8,10,15,21-22H,3-4,7,9,11-14,16-19H2/t21-,22+/m1/s1. The van der Waals surface area contributed by atoms with Crippen LogP contribution in [0, 0.1) is 5.92 Å². The van der Waals surface area contributed by atoms with Crippen LogP contribution in [0.15, 0.2) is 47.1 Å². The average molecular weight is 448 g/mol. The quantitative estimate of drug-likeness (QED) is 0.570. The van der Waals surface area contributed by atoms with Crippen molar-refractivity contribution >= 4 is 16.8 Å². The number of rotatable bonds is 6. The Hall–Kier alpha value is -2.64. The fourth-order valence-corrected chi connectivity index (χ4v) is 5.68. The van der Waals surface area contributed by atoms with Crippen molar-refractivity contribution in [2.45, 2.75) is 38.3 Å². The molecule has 0 spiro atoms. The van der Waals surface area contributed by atoms with Crippen molar-refractivity contribution in [1.29, 1.82) is 0 Å². The molecule has 33 heavy (non-hydrogen) atoms. The predicted octanol–water partition coefficient (Wildman–Crippen LogP) is 3.80. The van der Waals surface area contributed by atoms with Crippen LogP contribution in [-0.2, 0) is 6.54 Å². The summed E-state index contributed by atoms with van der Waals surface area (Å²) >= 11 is 0. The van der Waals surface area contributed by atoms with Gasteiger partial charge in [-0.2, -0.15) is 0 Å². The topological polar surface area (TPSA) is 57.9 Å². The molecule has 2 atom stereocenters. The molecule has 7 heteroatoms. The summed E-state index contributed by atoms with van der Waals surface area (Å²) in [7, 11) is 0. The number of aromatic nitrogens is 2. The Morgan fingerprint density at radius 1 is 0.970 bits per heavy atom. The van der Waals surface area contributed by atoms with Crippen molar-refractivity contribution in [3.8, 4) is 5.88 Å². The number of nitrogens with zero attached hydrogens (tertiary/aromatic N) is 5. The molecule has 5 heterocycles. The third-order valence-electron chi connectivity index (χ3n) is 7.53. The summed E-state index contributed by atoms with van der Waals surface area (Å²) in [4.78, 5) is 12.1. The number of piperazine rings is 1. The molecular weight excluding hydrogens is 414 g/mol. The monoisotopic (exact) mass is 447 g/mol. The molecule has 0 N–H and O–H groups in total. The lowest BCUT2D eigenvalue weighted by Gasteiger charge is -2.46. The largest absolute Gasteiger partial charge is 0.477 e. The second-order valence-electron chi connectivity index (χ2n) is 9.84. The normalized spacial score (nSPS) is 24.3.